The first-order valence-electron chi connectivity index (χ1n) is 6.55. The maximum Gasteiger partial charge on any atom is 0.225 e. The fraction of sp³-hybridized carbons (Fsp3) is 0.188. The quantitative estimate of drug-likeness (QED) is 0.851. The molecule has 0 aromatic heterocycles. The monoisotopic (exact) mass is 290 g/mol. The van der Waals surface area contributed by atoms with Crippen LogP contribution in [0.4, 0.5) is 14.5 Å². The zero-order chi connectivity index (χ0) is 15.4. The summed E-state index contributed by atoms with van der Waals surface area (Å²) in [4.78, 5) is 11.9. The highest BCUT2D eigenvalue weighted by atomic mass is 19.1. The van der Waals surface area contributed by atoms with E-state index < -0.39 is 17.5 Å². The molecule has 3 nitrogen and oxygen atoms in total. The second-order valence-corrected chi connectivity index (χ2v) is 4.84. The standard InChI is InChI=1S/C16H16F2N2O/c1-10(11-4-2-5-12(19)8-11)20-16(21)9-13-14(17)6-3-7-15(13)18/h2-8,10H,9,19H2,1H3,(H,20,21). The van der Waals surface area contributed by atoms with Crippen LogP contribution < -0.4 is 11.1 Å². The maximum absolute atomic E-state index is 13.5. The van der Waals surface area contributed by atoms with E-state index in [1.807, 2.05) is 6.07 Å². The molecule has 110 valence electrons. The SMILES string of the molecule is CC(NC(=O)Cc1c(F)cccc1F)c1cccc(N)c1. The Balaban J connectivity index is 2.05. The lowest BCUT2D eigenvalue weighted by Crippen LogP contribution is -2.28. The lowest BCUT2D eigenvalue weighted by Gasteiger charge is -2.15. The van der Waals surface area contributed by atoms with Gasteiger partial charge >= 0.3 is 0 Å². The zero-order valence-corrected chi connectivity index (χ0v) is 11.6. The number of nitrogens with one attached hydrogen (secondary N) is 1. The molecule has 0 heterocycles. The Labute approximate surface area is 121 Å². The number of halogens is 2. The Morgan fingerprint density at radius 2 is 1.81 bits per heavy atom. The number of nitrogens with two attached hydrogens (primary N) is 1. The molecule has 0 aliphatic rings. The van der Waals surface area contributed by atoms with Gasteiger partial charge in [-0.15, -0.1) is 0 Å². The number of carbonyl (C=O) groups excluding carboxylic acids is 1. The van der Waals surface area contributed by atoms with Gasteiger partial charge in [-0.25, -0.2) is 8.78 Å². The number of nitrogen functional groups attached to an aromatic ring is 1. The van der Waals surface area contributed by atoms with Gasteiger partial charge < -0.3 is 11.1 Å². The van der Waals surface area contributed by atoms with Crippen molar-refractivity contribution in [3.63, 3.8) is 0 Å². The molecule has 0 radical (unpaired) electrons. The molecule has 3 N–H and O–H groups in total. The minimum Gasteiger partial charge on any atom is -0.399 e. The molecular weight excluding hydrogens is 274 g/mol. The predicted octanol–water partition coefficient (Wildman–Crippen LogP) is 2.97. The third-order valence-corrected chi connectivity index (χ3v) is 3.19. The van der Waals surface area contributed by atoms with Crippen molar-refractivity contribution in [3.05, 3.63) is 65.2 Å². The van der Waals surface area contributed by atoms with Gasteiger partial charge in [-0.2, -0.15) is 0 Å². The van der Waals surface area contributed by atoms with Gasteiger partial charge in [0.1, 0.15) is 11.6 Å². The summed E-state index contributed by atoms with van der Waals surface area (Å²) in [6.07, 6.45) is -0.342. The predicted molar refractivity (Wildman–Crippen MR) is 77.5 cm³/mol. The Kier molecular flexibility index (Phi) is 4.52. The average Bonchev–Trinajstić information content (AvgIpc) is 2.43. The fourth-order valence-corrected chi connectivity index (χ4v) is 2.07. The number of amides is 1. The van der Waals surface area contributed by atoms with Crippen LogP contribution >= 0.6 is 0 Å². The lowest BCUT2D eigenvalue weighted by atomic mass is 10.1. The number of anilines is 1. The topological polar surface area (TPSA) is 55.1 Å². The number of carbonyl (C=O) groups is 1. The average molecular weight is 290 g/mol. The van der Waals surface area contributed by atoms with Gasteiger partial charge in [-0.1, -0.05) is 18.2 Å². The summed E-state index contributed by atoms with van der Waals surface area (Å²) in [6.45, 7) is 1.78. The van der Waals surface area contributed by atoms with Gasteiger partial charge in [0.25, 0.3) is 0 Å². The fourth-order valence-electron chi connectivity index (χ4n) is 2.07. The minimum atomic E-state index is -0.721. The van der Waals surface area contributed by atoms with Crippen LogP contribution in [-0.2, 0) is 11.2 Å². The first-order chi connectivity index (χ1) is 9.97. The Morgan fingerprint density at radius 3 is 2.43 bits per heavy atom. The number of benzene rings is 2. The molecule has 0 aliphatic carbocycles. The second-order valence-electron chi connectivity index (χ2n) is 4.84. The van der Waals surface area contributed by atoms with E-state index in [0.29, 0.717) is 5.69 Å². The van der Waals surface area contributed by atoms with Crippen molar-refractivity contribution in [3.8, 4) is 0 Å². The van der Waals surface area contributed by atoms with Crippen molar-refractivity contribution in [2.75, 3.05) is 5.73 Å². The third-order valence-electron chi connectivity index (χ3n) is 3.19. The molecule has 1 amide bonds. The minimum absolute atomic E-state index is 0.227. The van der Waals surface area contributed by atoms with E-state index in [2.05, 4.69) is 5.32 Å². The molecule has 0 aliphatic heterocycles. The lowest BCUT2D eigenvalue weighted by molar-refractivity contribution is -0.121. The summed E-state index contributed by atoms with van der Waals surface area (Å²) in [5.41, 5.74) is 6.87. The number of rotatable bonds is 4. The largest absolute Gasteiger partial charge is 0.399 e. The first kappa shape index (κ1) is 15.0. The van der Waals surface area contributed by atoms with Gasteiger partial charge in [0.15, 0.2) is 0 Å². The van der Waals surface area contributed by atoms with Crippen molar-refractivity contribution in [1.82, 2.24) is 5.32 Å². The van der Waals surface area contributed by atoms with Crippen molar-refractivity contribution < 1.29 is 13.6 Å². The zero-order valence-electron chi connectivity index (χ0n) is 11.6. The summed E-state index contributed by atoms with van der Waals surface area (Å²) in [6, 6.07) is 10.3. The highest BCUT2D eigenvalue weighted by Crippen LogP contribution is 2.17. The Hall–Kier alpha value is -2.43. The summed E-state index contributed by atoms with van der Waals surface area (Å²) in [7, 11) is 0. The van der Waals surface area contributed by atoms with E-state index in [0.717, 1.165) is 17.7 Å². The van der Waals surface area contributed by atoms with Crippen molar-refractivity contribution >= 4 is 11.6 Å². The molecule has 2 aromatic carbocycles. The molecule has 0 fully saturated rings. The van der Waals surface area contributed by atoms with Crippen LogP contribution in [0.25, 0.3) is 0 Å². The molecule has 0 bridgehead atoms. The smallest absolute Gasteiger partial charge is 0.225 e. The number of hydrogen-bond donors (Lipinski definition) is 2. The van der Waals surface area contributed by atoms with Gasteiger partial charge in [0, 0.05) is 11.3 Å². The first-order valence-corrected chi connectivity index (χ1v) is 6.55. The van der Waals surface area contributed by atoms with E-state index in [4.69, 9.17) is 5.73 Å². The van der Waals surface area contributed by atoms with Crippen LogP contribution in [0.15, 0.2) is 42.5 Å². The Morgan fingerprint density at radius 1 is 1.19 bits per heavy atom. The van der Waals surface area contributed by atoms with Crippen LogP contribution in [0.3, 0.4) is 0 Å². The summed E-state index contributed by atoms with van der Waals surface area (Å²) in [5, 5.41) is 2.70. The van der Waals surface area contributed by atoms with Crippen LogP contribution in [0, 0.1) is 11.6 Å². The molecule has 5 heteroatoms. The molecule has 21 heavy (non-hydrogen) atoms. The van der Waals surface area contributed by atoms with Gasteiger partial charge in [-0.3, -0.25) is 4.79 Å². The van der Waals surface area contributed by atoms with Crippen molar-refractivity contribution in [2.45, 2.75) is 19.4 Å². The van der Waals surface area contributed by atoms with Crippen LogP contribution in [0.1, 0.15) is 24.1 Å². The normalized spacial score (nSPS) is 12.0. The van der Waals surface area contributed by atoms with Crippen LogP contribution in [-0.4, -0.2) is 5.91 Å². The van der Waals surface area contributed by atoms with Crippen molar-refractivity contribution in [2.24, 2.45) is 0 Å². The van der Waals surface area contributed by atoms with E-state index in [1.165, 1.54) is 6.07 Å². The Bertz CT molecular complexity index is 638. The molecule has 2 rings (SSSR count). The molecular formula is C16H16F2N2O. The summed E-state index contributed by atoms with van der Waals surface area (Å²) < 4.78 is 27.0. The van der Waals surface area contributed by atoms with Gasteiger partial charge in [-0.05, 0) is 36.8 Å². The van der Waals surface area contributed by atoms with Gasteiger partial charge in [0.05, 0.1) is 12.5 Å². The van der Waals surface area contributed by atoms with Crippen molar-refractivity contribution in [1.29, 1.82) is 0 Å². The second kappa shape index (κ2) is 6.35. The van der Waals surface area contributed by atoms with E-state index >= 15 is 0 Å². The summed E-state index contributed by atoms with van der Waals surface area (Å²) >= 11 is 0. The molecule has 2 aromatic rings. The highest BCUT2D eigenvalue weighted by Gasteiger charge is 2.15. The van der Waals surface area contributed by atoms with Crippen LogP contribution in [0.5, 0.6) is 0 Å². The highest BCUT2D eigenvalue weighted by molar-refractivity contribution is 5.79. The maximum atomic E-state index is 13.5. The van der Waals surface area contributed by atoms with Crippen LogP contribution in [0.2, 0.25) is 0 Å². The molecule has 0 spiro atoms. The van der Waals surface area contributed by atoms with E-state index in [1.54, 1.807) is 25.1 Å². The molecule has 1 atom stereocenters. The van der Waals surface area contributed by atoms with E-state index in [-0.39, 0.29) is 18.0 Å². The summed E-state index contributed by atoms with van der Waals surface area (Å²) in [5.74, 6) is -1.89. The molecule has 0 saturated heterocycles. The molecule has 1 unspecified atom stereocenters. The molecule has 0 saturated carbocycles. The van der Waals surface area contributed by atoms with E-state index in [9.17, 15) is 13.6 Å². The van der Waals surface area contributed by atoms with Gasteiger partial charge in [0.2, 0.25) is 5.91 Å². The number of hydrogen-bond acceptors (Lipinski definition) is 2. The third kappa shape index (κ3) is 3.78.